The molecule has 0 bridgehead atoms. The Morgan fingerprint density at radius 3 is 2.59 bits per heavy atom. The van der Waals surface area contributed by atoms with Gasteiger partial charge in [-0.3, -0.25) is 0 Å². The van der Waals surface area contributed by atoms with E-state index in [0.29, 0.717) is 10.8 Å². The largest absolute Gasteiger partial charge is 0.235 e. The molecular formula is C16H11FN4S. The van der Waals surface area contributed by atoms with Crippen molar-refractivity contribution in [3.63, 3.8) is 0 Å². The van der Waals surface area contributed by atoms with Crippen molar-refractivity contribution >= 4 is 16.3 Å². The van der Waals surface area contributed by atoms with Crippen LogP contribution < -0.4 is 0 Å². The van der Waals surface area contributed by atoms with Crippen molar-refractivity contribution in [3.8, 4) is 22.0 Å². The summed E-state index contributed by atoms with van der Waals surface area (Å²) in [4.78, 5) is 0.690. The summed E-state index contributed by atoms with van der Waals surface area (Å²) in [7, 11) is 0. The minimum atomic E-state index is -0.276. The number of halogens is 1. The van der Waals surface area contributed by atoms with E-state index in [1.807, 2.05) is 37.3 Å². The van der Waals surface area contributed by atoms with E-state index in [9.17, 15) is 4.39 Å². The second kappa shape index (κ2) is 4.99. The molecule has 4 nitrogen and oxygen atoms in total. The van der Waals surface area contributed by atoms with Crippen molar-refractivity contribution in [1.82, 2.24) is 19.8 Å². The maximum absolute atomic E-state index is 13.4. The van der Waals surface area contributed by atoms with Gasteiger partial charge in [0.1, 0.15) is 10.8 Å². The molecule has 0 aliphatic rings. The van der Waals surface area contributed by atoms with E-state index in [2.05, 4.69) is 15.3 Å². The second-order valence-corrected chi connectivity index (χ2v) is 5.96. The molecule has 0 saturated carbocycles. The Bertz CT molecular complexity index is 956. The van der Waals surface area contributed by atoms with Crippen molar-refractivity contribution in [2.75, 3.05) is 0 Å². The molecule has 108 valence electrons. The topological polar surface area (TPSA) is 43.1 Å². The molecule has 0 unspecified atom stereocenters. The van der Waals surface area contributed by atoms with Crippen molar-refractivity contribution in [2.24, 2.45) is 0 Å². The molecule has 0 amide bonds. The molecule has 6 heteroatoms. The fraction of sp³-hybridized carbons (Fsp3) is 0.0625. The Morgan fingerprint density at radius 2 is 1.82 bits per heavy atom. The number of hydrogen-bond donors (Lipinski definition) is 0. The Morgan fingerprint density at radius 1 is 1.00 bits per heavy atom. The molecular weight excluding hydrogens is 299 g/mol. The second-order valence-electron chi connectivity index (χ2n) is 5.00. The summed E-state index contributed by atoms with van der Waals surface area (Å²) >= 11 is 1.39. The smallest absolute Gasteiger partial charge is 0.207 e. The van der Waals surface area contributed by atoms with Crippen molar-refractivity contribution in [1.29, 1.82) is 0 Å². The number of hydrogen-bond acceptors (Lipinski definition) is 4. The molecule has 2 heterocycles. The minimum Gasteiger partial charge on any atom is -0.207 e. The van der Waals surface area contributed by atoms with E-state index in [0.717, 1.165) is 16.1 Å². The molecule has 4 aromatic rings. The SMILES string of the molecule is Cc1ccc(-c2nnc3sc(-c4cccc(F)c4)nn23)cc1. The molecule has 22 heavy (non-hydrogen) atoms. The average molecular weight is 310 g/mol. The minimum absolute atomic E-state index is 0.276. The quantitative estimate of drug-likeness (QED) is 0.563. The van der Waals surface area contributed by atoms with Gasteiger partial charge in [-0.1, -0.05) is 53.3 Å². The fourth-order valence-corrected chi connectivity index (χ4v) is 3.07. The van der Waals surface area contributed by atoms with E-state index in [-0.39, 0.29) is 5.82 Å². The van der Waals surface area contributed by atoms with Gasteiger partial charge in [0.25, 0.3) is 0 Å². The lowest BCUT2D eigenvalue weighted by Crippen LogP contribution is -1.91. The fourth-order valence-electron chi connectivity index (χ4n) is 2.24. The van der Waals surface area contributed by atoms with E-state index >= 15 is 0 Å². The van der Waals surface area contributed by atoms with Crippen LogP contribution in [0.3, 0.4) is 0 Å². The van der Waals surface area contributed by atoms with Gasteiger partial charge in [0.05, 0.1) is 0 Å². The lowest BCUT2D eigenvalue weighted by molar-refractivity contribution is 0.628. The van der Waals surface area contributed by atoms with Crippen LogP contribution in [0.1, 0.15) is 5.56 Å². The first-order chi connectivity index (χ1) is 10.7. The predicted octanol–water partition coefficient (Wildman–Crippen LogP) is 3.97. The highest BCUT2D eigenvalue weighted by atomic mass is 32.1. The Labute approximate surface area is 129 Å². The van der Waals surface area contributed by atoms with Gasteiger partial charge in [-0.2, -0.15) is 9.61 Å². The number of aryl methyl sites for hydroxylation is 1. The average Bonchev–Trinajstić information content (AvgIpc) is 3.08. The molecule has 0 aliphatic carbocycles. The van der Waals surface area contributed by atoms with Crippen LogP contribution in [0.15, 0.2) is 48.5 Å². The third-order valence-corrected chi connectivity index (χ3v) is 4.32. The van der Waals surface area contributed by atoms with Crippen LogP contribution in [-0.4, -0.2) is 19.8 Å². The maximum atomic E-state index is 13.4. The summed E-state index contributed by atoms with van der Waals surface area (Å²) in [6, 6.07) is 14.4. The Hall–Kier alpha value is -2.60. The van der Waals surface area contributed by atoms with Gasteiger partial charge in [0.15, 0.2) is 5.82 Å². The summed E-state index contributed by atoms with van der Waals surface area (Å²) in [5, 5.41) is 13.6. The zero-order chi connectivity index (χ0) is 15.1. The van der Waals surface area contributed by atoms with Gasteiger partial charge in [-0.15, -0.1) is 10.2 Å². The van der Waals surface area contributed by atoms with E-state index < -0.39 is 0 Å². The maximum Gasteiger partial charge on any atom is 0.235 e. The predicted molar refractivity (Wildman–Crippen MR) is 84.2 cm³/mol. The lowest BCUT2D eigenvalue weighted by Gasteiger charge is -1.98. The van der Waals surface area contributed by atoms with Gasteiger partial charge in [-0.25, -0.2) is 4.39 Å². The van der Waals surface area contributed by atoms with Gasteiger partial charge < -0.3 is 0 Å². The normalized spacial score (nSPS) is 11.2. The Balaban J connectivity index is 1.84. The van der Waals surface area contributed by atoms with Crippen LogP contribution in [-0.2, 0) is 0 Å². The molecule has 0 N–H and O–H groups in total. The van der Waals surface area contributed by atoms with Crippen LogP contribution in [0.4, 0.5) is 4.39 Å². The number of fused-ring (bicyclic) bond motifs is 1. The number of rotatable bonds is 2. The molecule has 0 spiro atoms. The highest BCUT2D eigenvalue weighted by Gasteiger charge is 2.14. The number of benzene rings is 2. The summed E-state index contributed by atoms with van der Waals surface area (Å²) in [6.07, 6.45) is 0. The van der Waals surface area contributed by atoms with Crippen LogP contribution in [0.5, 0.6) is 0 Å². The van der Waals surface area contributed by atoms with Crippen LogP contribution in [0.2, 0.25) is 0 Å². The number of nitrogens with zero attached hydrogens (tertiary/aromatic N) is 4. The molecule has 2 aromatic heterocycles. The molecule has 4 rings (SSSR count). The summed E-state index contributed by atoms with van der Waals surface area (Å²) < 4.78 is 15.1. The van der Waals surface area contributed by atoms with Crippen LogP contribution in [0.25, 0.3) is 26.9 Å². The van der Waals surface area contributed by atoms with Gasteiger partial charge in [-0.05, 0) is 19.1 Å². The summed E-state index contributed by atoms with van der Waals surface area (Å²) in [5.74, 6) is 0.413. The van der Waals surface area contributed by atoms with Crippen LogP contribution >= 0.6 is 11.3 Å². The van der Waals surface area contributed by atoms with Gasteiger partial charge in [0.2, 0.25) is 4.96 Å². The molecule has 0 atom stereocenters. The highest BCUT2D eigenvalue weighted by Crippen LogP contribution is 2.28. The first-order valence-corrected chi connectivity index (χ1v) is 7.57. The third kappa shape index (κ3) is 2.17. The van der Waals surface area contributed by atoms with E-state index in [4.69, 9.17) is 0 Å². The standard InChI is InChI=1S/C16H11FN4S/c1-10-5-7-11(8-6-10)14-18-19-16-21(14)20-15(22-16)12-3-2-4-13(17)9-12/h2-9H,1H3. The number of aromatic nitrogens is 4. The molecule has 0 radical (unpaired) electrons. The monoisotopic (exact) mass is 310 g/mol. The zero-order valence-corrected chi connectivity index (χ0v) is 12.5. The summed E-state index contributed by atoms with van der Waals surface area (Å²) in [6.45, 7) is 2.04. The van der Waals surface area contributed by atoms with Gasteiger partial charge in [0, 0.05) is 11.1 Å². The molecule has 0 saturated heterocycles. The van der Waals surface area contributed by atoms with E-state index in [1.54, 1.807) is 10.6 Å². The van der Waals surface area contributed by atoms with Crippen molar-refractivity contribution in [3.05, 3.63) is 59.9 Å². The van der Waals surface area contributed by atoms with Crippen molar-refractivity contribution in [2.45, 2.75) is 6.92 Å². The molecule has 2 aromatic carbocycles. The van der Waals surface area contributed by atoms with Gasteiger partial charge >= 0.3 is 0 Å². The zero-order valence-electron chi connectivity index (χ0n) is 11.7. The first kappa shape index (κ1) is 13.1. The highest BCUT2D eigenvalue weighted by molar-refractivity contribution is 7.19. The van der Waals surface area contributed by atoms with Crippen molar-refractivity contribution < 1.29 is 4.39 Å². The molecule has 0 aliphatic heterocycles. The third-order valence-electron chi connectivity index (χ3n) is 3.37. The first-order valence-electron chi connectivity index (χ1n) is 6.76. The molecule has 0 fully saturated rings. The Kier molecular flexibility index (Phi) is 2.97. The summed E-state index contributed by atoms with van der Waals surface area (Å²) in [5.41, 5.74) is 2.88. The van der Waals surface area contributed by atoms with E-state index in [1.165, 1.54) is 29.0 Å². The van der Waals surface area contributed by atoms with Crippen LogP contribution in [0, 0.1) is 12.7 Å². The lowest BCUT2D eigenvalue weighted by atomic mass is 10.1.